The smallest absolute Gasteiger partial charge is 0.422 e. The molecular formula is C26H20F6N2O2. The van der Waals surface area contributed by atoms with Gasteiger partial charge in [-0.3, -0.25) is 0 Å². The van der Waals surface area contributed by atoms with Gasteiger partial charge in [0.05, 0.1) is 6.61 Å². The molecule has 1 heterocycles. The molecule has 0 amide bonds. The van der Waals surface area contributed by atoms with E-state index in [4.69, 9.17) is 4.74 Å². The van der Waals surface area contributed by atoms with E-state index in [1.54, 1.807) is 49.8 Å². The standard InChI is InChI=1S/C26H20F6N2O2/c1-35-13-16-11-33-25(34-12-16)19-6-7-20-18(10-19)5-4-17(23(20)29)3-2-15-8-21(27)24(22(28)9-15)36-14-26(30,31)32/h4-12H,2-3,13-14H2,1H3. The van der Waals surface area contributed by atoms with Crippen molar-refractivity contribution < 1.29 is 35.8 Å². The van der Waals surface area contributed by atoms with E-state index in [9.17, 15) is 22.0 Å². The highest BCUT2D eigenvalue weighted by molar-refractivity contribution is 5.87. The summed E-state index contributed by atoms with van der Waals surface area (Å²) >= 11 is 0. The molecule has 3 aromatic carbocycles. The van der Waals surface area contributed by atoms with E-state index in [2.05, 4.69) is 14.7 Å². The van der Waals surface area contributed by atoms with Gasteiger partial charge in [0.15, 0.2) is 29.8 Å². The lowest BCUT2D eigenvalue weighted by Gasteiger charge is -2.12. The van der Waals surface area contributed by atoms with Crippen molar-refractivity contribution in [2.75, 3.05) is 13.7 Å². The fourth-order valence-electron chi connectivity index (χ4n) is 3.74. The van der Waals surface area contributed by atoms with Crippen LogP contribution < -0.4 is 4.74 Å². The molecule has 0 unspecified atom stereocenters. The summed E-state index contributed by atoms with van der Waals surface area (Å²) < 4.78 is 89.5. The molecule has 4 rings (SSSR count). The van der Waals surface area contributed by atoms with Gasteiger partial charge >= 0.3 is 6.18 Å². The predicted octanol–water partition coefficient (Wildman–Crippen LogP) is 6.59. The summed E-state index contributed by atoms with van der Waals surface area (Å²) in [5, 5.41) is 0.988. The molecule has 0 spiro atoms. The van der Waals surface area contributed by atoms with Crippen LogP contribution in [0.25, 0.3) is 22.2 Å². The Morgan fingerprint density at radius 3 is 2.17 bits per heavy atom. The van der Waals surface area contributed by atoms with Crippen LogP contribution in [0, 0.1) is 17.5 Å². The molecule has 0 aliphatic carbocycles. The number of nitrogens with zero attached hydrogens (tertiary/aromatic N) is 2. The number of rotatable bonds is 8. The minimum absolute atomic E-state index is 0.0650. The van der Waals surface area contributed by atoms with Gasteiger partial charge in [-0.05, 0) is 47.6 Å². The van der Waals surface area contributed by atoms with Crippen LogP contribution in [-0.2, 0) is 24.2 Å². The SMILES string of the molecule is COCc1cnc(-c2ccc3c(F)c(CCc4cc(F)c(OCC(F)(F)F)c(F)c4)ccc3c2)nc1. The first-order valence-electron chi connectivity index (χ1n) is 10.8. The Hall–Kier alpha value is -3.66. The highest BCUT2D eigenvalue weighted by Gasteiger charge is 2.30. The summed E-state index contributed by atoms with van der Waals surface area (Å²) in [6, 6.07) is 10.2. The van der Waals surface area contributed by atoms with Crippen molar-refractivity contribution in [2.45, 2.75) is 25.6 Å². The second-order valence-electron chi connectivity index (χ2n) is 8.11. The van der Waals surface area contributed by atoms with Crippen molar-refractivity contribution in [1.29, 1.82) is 0 Å². The van der Waals surface area contributed by atoms with Gasteiger partial charge < -0.3 is 9.47 Å². The largest absolute Gasteiger partial charge is 0.478 e. The fraction of sp³-hybridized carbons (Fsp3) is 0.231. The van der Waals surface area contributed by atoms with Gasteiger partial charge in [-0.2, -0.15) is 13.2 Å². The van der Waals surface area contributed by atoms with Crippen molar-refractivity contribution in [1.82, 2.24) is 9.97 Å². The lowest BCUT2D eigenvalue weighted by atomic mass is 9.98. The molecule has 10 heteroatoms. The zero-order chi connectivity index (χ0) is 25.9. The first kappa shape index (κ1) is 25.4. The molecule has 0 aliphatic rings. The van der Waals surface area contributed by atoms with Crippen LogP contribution in [0.3, 0.4) is 0 Å². The molecule has 0 fully saturated rings. The number of aryl methyl sites for hydroxylation is 2. The number of fused-ring (bicyclic) bond motifs is 1. The van der Waals surface area contributed by atoms with E-state index in [0.717, 1.165) is 17.7 Å². The fourth-order valence-corrected chi connectivity index (χ4v) is 3.74. The zero-order valence-corrected chi connectivity index (χ0v) is 19.0. The third-order valence-electron chi connectivity index (χ3n) is 5.43. The average Bonchev–Trinajstić information content (AvgIpc) is 2.83. The lowest BCUT2D eigenvalue weighted by molar-refractivity contribution is -0.154. The Kier molecular flexibility index (Phi) is 7.44. The Balaban J connectivity index is 1.50. The minimum Gasteiger partial charge on any atom is -0.478 e. The van der Waals surface area contributed by atoms with Gasteiger partial charge in [-0.25, -0.2) is 23.1 Å². The lowest BCUT2D eigenvalue weighted by Crippen LogP contribution is -2.20. The van der Waals surface area contributed by atoms with Gasteiger partial charge in [0, 0.05) is 36.0 Å². The molecular weight excluding hydrogens is 486 g/mol. The number of hydrogen-bond donors (Lipinski definition) is 0. The van der Waals surface area contributed by atoms with Gasteiger partial charge in [0.2, 0.25) is 0 Å². The van der Waals surface area contributed by atoms with Crippen LogP contribution >= 0.6 is 0 Å². The van der Waals surface area contributed by atoms with E-state index in [1.165, 1.54) is 0 Å². The molecule has 0 saturated heterocycles. The third-order valence-corrected chi connectivity index (χ3v) is 5.43. The van der Waals surface area contributed by atoms with Gasteiger partial charge in [-0.1, -0.05) is 24.3 Å². The number of ether oxygens (including phenoxy) is 2. The third kappa shape index (κ3) is 5.93. The zero-order valence-electron chi connectivity index (χ0n) is 19.0. The van der Waals surface area contributed by atoms with E-state index in [1.807, 2.05) is 0 Å². The quantitative estimate of drug-likeness (QED) is 0.253. The molecule has 0 saturated carbocycles. The average molecular weight is 506 g/mol. The van der Waals surface area contributed by atoms with E-state index in [0.29, 0.717) is 34.3 Å². The molecule has 0 N–H and O–H groups in total. The van der Waals surface area contributed by atoms with Crippen LogP contribution in [0.5, 0.6) is 5.75 Å². The van der Waals surface area contributed by atoms with Gasteiger partial charge in [-0.15, -0.1) is 0 Å². The summed E-state index contributed by atoms with van der Waals surface area (Å²) in [5.41, 5.74) is 2.01. The highest BCUT2D eigenvalue weighted by Crippen LogP contribution is 2.29. The summed E-state index contributed by atoms with van der Waals surface area (Å²) in [6.07, 6.45) is -1.24. The normalized spacial score (nSPS) is 11.8. The molecule has 4 nitrogen and oxygen atoms in total. The number of aromatic nitrogens is 2. The molecule has 1 aromatic heterocycles. The Morgan fingerprint density at radius 2 is 1.53 bits per heavy atom. The van der Waals surface area contributed by atoms with E-state index in [-0.39, 0.29) is 18.4 Å². The van der Waals surface area contributed by atoms with Crippen LogP contribution in [0.4, 0.5) is 26.3 Å². The maximum absolute atomic E-state index is 15.2. The van der Waals surface area contributed by atoms with Crippen molar-refractivity contribution in [3.8, 4) is 17.1 Å². The molecule has 0 aliphatic heterocycles. The molecule has 0 bridgehead atoms. The van der Waals surface area contributed by atoms with Crippen LogP contribution in [0.2, 0.25) is 0 Å². The minimum atomic E-state index is -4.73. The van der Waals surface area contributed by atoms with Gasteiger partial charge in [0.1, 0.15) is 5.82 Å². The van der Waals surface area contributed by atoms with Crippen molar-refractivity contribution in [3.05, 3.63) is 89.0 Å². The van der Waals surface area contributed by atoms with Crippen LogP contribution in [-0.4, -0.2) is 29.9 Å². The maximum Gasteiger partial charge on any atom is 0.422 e. The second-order valence-corrected chi connectivity index (χ2v) is 8.11. The highest BCUT2D eigenvalue weighted by atomic mass is 19.4. The summed E-state index contributed by atoms with van der Waals surface area (Å²) in [7, 11) is 1.57. The summed E-state index contributed by atoms with van der Waals surface area (Å²) in [4.78, 5) is 8.62. The number of hydrogen-bond acceptors (Lipinski definition) is 4. The summed E-state index contributed by atoms with van der Waals surface area (Å²) in [5.74, 6) is -3.59. The molecule has 0 atom stereocenters. The van der Waals surface area contributed by atoms with Crippen LogP contribution in [0.1, 0.15) is 16.7 Å². The molecule has 0 radical (unpaired) electrons. The first-order chi connectivity index (χ1) is 17.1. The molecule has 36 heavy (non-hydrogen) atoms. The number of halogens is 6. The number of methoxy groups -OCH3 is 1. The molecule has 188 valence electrons. The van der Waals surface area contributed by atoms with Crippen molar-refractivity contribution in [2.24, 2.45) is 0 Å². The topological polar surface area (TPSA) is 44.2 Å². The van der Waals surface area contributed by atoms with Crippen molar-refractivity contribution in [3.63, 3.8) is 0 Å². The Bertz CT molecular complexity index is 1350. The summed E-state index contributed by atoms with van der Waals surface area (Å²) in [6.45, 7) is -1.42. The van der Waals surface area contributed by atoms with E-state index >= 15 is 4.39 Å². The molecule has 4 aromatic rings. The number of benzene rings is 3. The van der Waals surface area contributed by atoms with Gasteiger partial charge in [0.25, 0.3) is 0 Å². The predicted molar refractivity (Wildman–Crippen MR) is 121 cm³/mol. The number of alkyl halides is 3. The monoisotopic (exact) mass is 506 g/mol. The van der Waals surface area contributed by atoms with Crippen molar-refractivity contribution >= 4 is 10.8 Å². The Labute approximate surface area is 202 Å². The van der Waals surface area contributed by atoms with E-state index < -0.39 is 36.0 Å². The maximum atomic E-state index is 15.2. The Morgan fingerprint density at radius 1 is 0.833 bits per heavy atom. The van der Waals surface area contributed by atoms with Crippen LogP contribution in [0.15, 0.2) is 54.9 Å². The second kappa shape index (κ2) is 10.5. The first-order valence-corrected chi connectivity index (χ1v) is 10.8.